The number of nitrogens with zero attached hydrogens (tertiary/aromatic N) is 2. The number of hydrogen-bond acceptors (Lipinski definition) is 5. The third-order valence-electron chi connectivity index (χ3n) is 7.24. The number of carbonyl (C=O) groups is 3. The van der Waals surface area contributed by atoms with Crippen molar-refractivity contribution in [2.75, 3.05) is 10.4 Å². The van der Waals surface area contributed by atoms with E-state index in [1.165, 1.54) is 12.0 Å². The Bertz CT molecular complexity index is 1170. The highest BCUT2D eigenvalue weighted by Gasteiger charge is 2.69. The number of hydroxylamine groups is 1. The highest BCUT2D eigenvalue weighted by Crippen LogP contribution is 2.62. The molecule has 0 bridgehead atoms. The SMILES string of the molecule is C=CC(C)(C)C12CC3C(=O)Nc4ccccc4C(=O)N3C1N(OC(C)=O)c1ccccc12. The molecule has 2 amide bonds. The molecule has 3 aliphatic rings. The first kappa shape index (κ1) is 20.3. The topological polar surface area (TPSA) is 79.0 Å². The summed E-state index contributed by atoms with van der Waals surface area (Å²) in [5, 5.41) is 4.44. The number of fused-ring (bicyclic) bond motifs is 6. The zero-order chi connectivity index (χ0) is 22.8. The van der Waals surface area contributed by atoms with Crippen LogP contribution in [0.2, 0.25) is 0 Å². The van der Waals surface area contributed by atoms with E-state index in [0.717, 1.165) is 5.56 Å². The van der Waals surface area contributed by atoms with Gasteiger partial charge in [0.2, 0.25) is 5.91 Å². The molecule has 32 heavy (non-hydrogen) atoms. The Labute approximate surface area is 186 Å². The molecule has 3 heterocycles. The van der Waals surface area contributed by atoms with Crippen LogP contribution in [0.5, 0.6) is 0 Å². The number of amides is 2. The van der Waals surface area contributed by atoms with Crippen molar-refractivity contribution in [3.8, 4) is 0 Å². The maximum atomic E-state index is 13.9. The molecule has 0 aliphatic carbocycles. The quantitative estimate of drug-likeness (QED) is 0.751. The van der Waals surface area contributed by atoms with Crippen LogP contribution in [0.3, 0.4) is 0 Å². The Hall–Kier alpha value is -3.61. The Kier molecular flexibility index (Phi) is 4.25. The monoisotopic (exact) mass is 431 g/mol. The van der Waals surface area contributed by atoms with E-state index in [-0.39, 0.29) is 11.8 Å². The molecule has 1 fully saturated rings. The van der Waals surface area contributed by atoms with Crippen molar-refractivity contribution in [1.29, 1.82) is 0 Å². The number of nitrogens with one attached hydrogen (secondary N) is 1. The Balaban J connectivity index is 1.79. The first-order valence-electron chi connectivity index (χ1n) is 10.7. The molecule has 3 atom stereocenters. The van der Waals surface area contributed by atoms with Gasteiger partial charge in [-0.1, -0.05) is 50.3 Å². The fourth-order valence-corrected chi connectivity index (χ4v) is 5.62. The molecule has 2 aromatic rings. The zero-order valence-corrected chi connectivity index (χ0v) is 18.3. The summed E-state index contributed by atoms with van der Waals surface area (Å²) >= 11 is 0. The summed E-state index contributed by atoms with van der Waals surface area (Å²) in [5.74, 6) is -1.03. The molecule has 164 valence electrons. The van der Waals surface area contributed by atoms with Crippen molar-refractivity contribution in [2.45, 2.75) is 44.8 Å². The maximum Gasteiger partial charge on any atom is 0.329 e. The summed E-state index contributed by atoms with van der Waals surface area (Å²) in [6.45, 7) is 9.49. The smallest absolute Gasteiger partial charge is 0.329 e. The molecule has 5 rings (SSSR count). The molecule has 1 N–H and O–H groups in total. The molecule has 0 radical (unpaired) electrons. The summed E-state index contributed by atoms with van der Waals surface area (Å²) < 4.78 is 0. The van der Waals surface area contributed by atoms with Gasteiger partial charge in [0.15, 0.2) is 6.17 Å². The van der Waals surface area contributed by atoms with Crippen LogP contribution in [-0.2, 0) is 19.8 Å². The van der Waals surface area contributed by atoms with Gasteiger partial charge in [-0.25, -0.2) is 0 Å². The molecule has 0 spiro atoms. The van der Waals surface area contributed by atoms with Gasteiger partial charge in [-0.3, -0.25) is 14.4 Å². The molecule has 3 aliphatic heterocycles. The normalized spacial score (nSPS) is 25.8. The lowest BCUT2D eigenvalue weighted by Crippen LogP contribution is -2.57. The molecule has 1 saturated heterocycles. The minimum atomic E-state index is -0.731. The van der Waals surface area contributed by atoms with Gasteiger partial charge in [0, 0.05) is 6.92 Å². The van der Waals surface area contributed by atoms with Crippen LogP contribution in [0.25, 0.3) is 0 Å². The number of allylic oxidation sites excluding steroid dienone is 1. The van der Waals surface area contributed by atoms with Crippen LogP contribution < -0.4 is 10.4 Å². The van der Waals surface area contributed by atoms with Gasteiger partial charge in [0.05, 0.1) is 22.4 Å². The summed E-state index contributed by atoms with van der Waals surface area (Å²) in [7, 11) is 0. The lowest BCUT2D eigenvalue weighted by atomic mass is 9.60. The van der Waals surface area contributed by atoms with Crippen molar-refractivity contribution < 1.29 is 19.2 Å². The minimum absolute atomic E-state index is 0.253. The van der Waals surface area contributed by atoms with E-state index >= 15 is 0 Å². The van der Waals surface area contributed by atoms with Crippen LogP contribution in [0.15, 0.2) is 61.2 Å². The van der Waals surface area contributed by atoms with Gasteiger partial charge < -0.3 is 15.1 Å². The predicted octanol–water partition coefficient (Wildman–Crippen LogP) is 3.63. The summed E-state index contributed by atoms with van der Waals surface area (Å²) in [5.41, 5.74) is 1.29. The number of para-hydroxylation sites is 2. The largest absolute Gasteiger partial charge is 0.339 e. The molecule has 0 saturated carbocycles. The van der Waals surface area contributed by atoms with E-state index in [2.05, 4.69) is 11.9 Å². The molecule has 0 aromatic heterocycles. The van der Waals surface area contributed by atoms with E-state index in [0.29, 0.717) is 23.4 Å². The van der Waals surface area contributed by atoms with Crippen LogP contribution in [0.1, 0.15) is 43.1 Å². The fraction of sp³-hybridized carbons (Fsp3) is 0.320. The number of benzene rings is 2. The van der Waals surface area contributed by atoms with E-state index < -0.39 is 29.0 Å². The second-order valence-corrected chi connectivity index (χ2v) is 9.16. The summed E-state index contributed by atoms with van der Waals surface area (Å²) in [6, 6.07) is 13.9. The molecule has 3 unspecified atom stereocenters. The third-order valence-corrected chi connectivity index (χ3v) is 7.24. The standard InChI is InChI=1S/C25H25N3O4/c1-5-24(3,4)25-14-20-21(30)26-18-12-8-6-10-16(18)22(31)27(20)23(25)28(32-15(2)29)19-13-9-7-11-17(19)25/h5-13,20,23H,1,14H2,2-4H3,(H,26,30). The Morgan fingerprint density at radius 1 is 1.19 bits per heavy atom. The first-order valence-corrected chi connectivity index (χ1v) is 10.7. The van der Waals surface area contributed by atoms with Crippen LogP contribution in [0, 0.1) is 5.41 Å². The van der Waals surface area contributed by atoms with E-state index in [1.54, 1.807) is 29.2 Å². The number of anilines is 2. The summed E-state index contributed by atoms with van der Waals surface area (Å²) in [4.78, 5) is 46.7. The van der Waals surface area contributed by atoms with E-state index in [9.17, 15) is 14.4 Å². The van der Waals surface area contributed by atoms with Gasteiger partial charge in [0.25, 0.3) is 5.91 Å². The summed E-state index contributed by atoms with van der Waals surface area (Å²) in [6.07, 6.45) is 1.53. The van der Waals surface area contributed by atoms with Crippen molar-refractivity contribution in [2.24, 2.45) is 5.41 Å². The number of carbonyl (C=O) groups excluding carboxylic acids is 3. The van der Waals surface area contributed by atoms with Gasteiger partial charge in [-0.2, -0.15) is 5.06 Å². The molecule has 7 heteroatoms. The average Bonchev–Trinajstić information content (AvgIpc) is 3.23. The van der Waals surface area contributed by atoms with Crippen LogP contribution >= 0.6 is 0 Å². The average molecular weight is 431 g/mol. The maximum absolute atomic E-state index is 13.9. The molecular weight excluding hydrogens is 406 g/mol. The zero-order valence-electron chi connectivity index (χ0n) is 18.3. The molecular formula is C25H25N3O4. The van der Waals surface area contributed by atoms with E-state index in [1.807, 2.05) is 44.2 Å². The van der Waals surface area contributed by atoms with Gasteiger partial charge in [-0.15, -0.1) is 6.58 Å². The van der Waals surface area contributed by atoms with Gasteiger partial charge >= 0.3 is 5.97 Å². The first-order chi connectivity index (χ1) is 15.2. The highest BCUT2D eigenvalue weighted by molar-refractivity contribution is 6.10. The van der Waals surface area contributed by atoms with Crippen LogP contribution in [0.4, 0.5) is 11.4 Å². The van der Waals surface area contributed by atoms with E-state index in [4.69, 9.17) is 4.84 Å². The highest BCUT2D eigenvalue weighted by atomic mass is 16.7. The van der Waals surface area contributed by atoms with Gasteiger partial charge in [0.1, 0.15) is 6.04 Å². The molecule has 7 nitrogen and oxygen atoms in total. The Morgan fingerprint density at radius 2 is 1.88 bits per heavy atom. The Morgan fingerprint density at radius 3 is 2.59 bits per heavy atom. The fourth-order valence-electron chi connectivity index (χ4n) is 5.62. The molecule has 2 aromatic carbocycles. The van der Waals surface area contributed by atoms with Crippen molar-refractivity contribution in [3.05, 3.63) is 72.3 Å². The van der Waals surface area contributed by atoms with Crippen molar-refractivity contribution >= 4 is 29.2 Å². The second kappa shape index (κ2) is 6.69. The van der Waals surface area contributed by atoms with Crippen molar-refractivity contribution in [1.82, 2.24) is 4.90 Å². The van der Waals surface area contributed by atoms with Gasteiger partial charge in [-0.05, 0) is 35.6 Å². The lowest BCUT2D eigenvalue weighted by molar-refractivity contribution is -0.145. The second-order valence-electron chi connectivity index (χ2n) is 9.16. The van der Waals surface area contributed by atoms with Crippen LogP contribution in [-0.4, -0.2) is 34.9 Å². The lowest BCUT2D eigenvalue weighted by Gasteiger charge is -2.44. The predicted molar refractivity (Wildman–Crippen MR) is 120 cm³/mol. The third kappa shape index (κ3) is 2.45. The van der Waals surface area contributed by atoms with Crippen molar-refractivity contribution in [3.63, 3.8) is 0 Å². The number of rotatable bonds is 3. The minimum Gasteiger partial charge on any atom is -0.339 e. The number of hydrogen-bond donors (Lipinski definition) is 1.